The second-order valence-electron chi connectivity index (χ2n) is 7.23. The largest absolute Gasteiger partial charge is 0.311 e. The van der Waals surface area contributed by atoms with Gasteiger partial charge < -0.3 is 5.32 Å². The summed E-state index contributed by atoms with van der Waals surface area (Å²) in [5.41, 5.74) is 0. The fourth-order valence-electron chi connectivity index (χ4n) is 3.83. The Hall–Kier alpha value is -0.0800. The lowest BCUT2D eigenvalue weighted by Crippen LogP contribution is -2.58. The lowest BCUT2D eigenvalue weighted by Gasteiger charge is -2.44. The Bertz CT molecular complexity index is 266. The van der Waals surface area contributed by atoms with Crippen LogP contribution in [0.2, 0.25) is 0 Å². The summed E-state index contributed by atoms with van der Waals surface area (Å²) in [5, 5.41) is 3.76. The van der Waals surface area contributed by atoms with Gasteiger partial charge in [0.1, 0.15) is 0 Å². The highest BCUT2D eigenvalue weighted by atomic mass is 15.2. The minimum Gasteiger partial charge on any atom is -0.311 e. The molecule has 2 heteroatoms. The Morgan fingerprint density at radius 1 is 1.21 bits per heavy atom. The molecule has 1 aliphatic heterocycles. The van der Waals surface area contributed by atoms with Crippen molar-refractivity contribution in [2.45, 2.75) is 71.9 Å². The van der Waals surface area contributed by atoms with Crippen LogP contribution in [0.5, 0.6) is 0 Å². The van der Waals surface area contributed by atoms with Gasteiger partial charge in [-0.25, -0.2) is 0 Å². The molecule has 1 saturated carbocycles. The molecule has 2 rings (SSSR count). The lowest BCUT2D eigenvalue weighted by atomic mass is 9.79. The van der Waals surface area contributed by atoms with Gasteiger partial charge in [0, 0.05) is 31.7 Å². The lowest BCUT2D eigenvalue weighted by molar-refractivity contribution is 0.0778. The smallest absolute Gasteiger partial charge is 0.0221 e. The van der Waals surface area contributed by atoms with Gasteiger partial charge >= 0.3 is 0 Å². The summed E-state index contributed by atoms with van der Waals surface area (Å²) in [4.78, 5) is 2.78. The fourth-order valence-corrected chi connectivity index (χ4v) is 3.83. The number of hydrogen-bond donors (Lipinski definition) is 1. The first-order valence-corrected chi connectivity index (χ1v) is 8.59. The second-order valence-corrected chi connectivity index (χ2v) is 7.23. The zero-order valence-electron chi connectivity index (χ0n) is 13.5. The Labute approximate surface area is 120 Å². The van der Waals surface area contributed by atoms with E-state index in [0.717, 1.165) is 23.8 Å². The molecule has 2 aliphatic rings. The average molecular weight is 266 g/mol. The van der Waals surface area contributed by atoms with Gasteiger partial charge in [0.15, 0.2) is 0 Å². The highest BCUT2D eigenvalue weighted by molar-refractivity contribution is 4.88. The van der Waals surface area contributed by atoms with Crippen LogP contribution in [0.4, 0.5) is 0 Å². The zero-order chi connectivity index (χ0) is 13.8. The SMILES string of the molecule is CCC(C)C1CN(CC2CCCCC2C)C(C)CN1. The highest BCUT2D eigenvalue weighted by Crippen LogP contribution is 2.31. The van der Waals surface area contributed by atoms with Crippen LogP contribution in [0.1, 0.15) is 59.8 Å². The van der Waals surface area contributed by atoms with Gasteiger partial charge in [-0.15, -0.1) is 0 Å². The van der Waals surface area contributed by atoms with E-state index in [4.69, 9.17) is 0 Å². The first-order valence-electron chi connectivity index (χ1n) is 8.59. The van der Waals surface area contributed by atoms with Crippen LogP contribution in [0, 0.1) is 17.8 Å². The quantitative estimate of drug-likeness (QED) is 0.837. The number of piperazine rings is 1. The van der Waals surface area contributed by atoms with E-state index in [2.05, 4.69) is 37.9 Å². The van der Waals surface area contributed by atoms with E-state index in [1.807, 2.05) is 0 Å². The molecule has 19 heavy (non-hydrogen) atoms. The maximum Gasteiger partial charge on any atom is 0.0221 e. The molecule has 1 saturated heterocycles. The van der Waals surface area contributed by atoms with E-state index < -0.39 is 0 Å². The standard InChI is InChI=1S/C17H34N2/c1-5-13(2)17-12-19(15(4)10-18-17)11-16-9-7-6-8-14(16)3/h13-18H,5-12H2,1-4H3. The maximum absolute atomic E-state index is 3.76. The van der Waals surface area contributed by atoms with Crippen LogP contribution in [0.25, 0.3) is 0 Å². The summed E-state index contributed by atoms with van der Waals surface area (Å²) in [6.45, 7) is 13.4. The number of hydrogen-bond acceptors (Lipinski definition) is 2. The molecule has 0 aromatic carbocycles. The predicted molar refractivity (Wildman–Crippen MR) is 83.4 cm³/mol. The van der Waals surface area contributed by atoms with Crippen LogP contribution in [-0.4, -0.2) is 36.6 Å². The van der Waals surface area contributed by atoms with Crippen LogP contribution in [-0.2, 0) is 0 Å². The number of nitrogens with zero attached hydrogens (tertiary/aromatic N) is 1. The molecule has 2 fully saturated rings. The molecule has 0 bridgehead atoms. The van der Waals surface area contributed by atoms with Crippen LogP contribution < -0.4 is 5.32 Å². The van der Waals surface area contributed by atoms with Crippen molar-refractivity contribution in [3.05, 3.63) is 0 Å². The Balaban J connectivity index is 1.89. The summed E-state index contributed by atoms with van der Waals surface area (Å²) in [7, 11) is 0. The second kappa shape index (κ2) is 7.08. The van der Waals surface area contributed by atoms with Gasteiger partial charge in [-0.1, -0.05) is 46.5 Å². The predicted octanol–water partition coefficient (Wildman–Crippen LogP) is 3.52. The van der Waals surface area contributed by atoms with Crippen molar-refractivity contribution >= 4 is 0 Å². The summed E-state index contributed by atoms with van der Waals surface area (Å²) in [6, 6.07) is 1.43. The first kappa shape index (κ1) is 15.3. The average Bonchev–Trinajstić information content (AvgIpc) is 2.42. The Kier molecular flexibility index (Phi) is 5.70. The van der Waals surface area contributed by atoms with Crippen LogP contribution >= 0.6 is 0 Å². The van der Waals surface area contributed by atoms with E-state index in [9.17, 15) is 0 Å². The molecular weight excluding hydrogens is 232 g/mol. The van der Waals surface area contributed by atoms with Gasteiger partial charge in [0.2, 0.25) is 0 Å². The van der Waals surface area contributed by atoms with E-state index in [0.29, 0.717) is 6.04 Å². The molecule has 0 aromatic heterocycles. The summed E-state index contributed by atoms with van der Waals surface area (Å²) in [5.74, 6) is 2.70. The third kappa shape index (κ3) is 3.95. The monoisotopic (exact) mass is 266 g/mol. The molecule has 1 aliphatic carbocycles. The van der Waals surface area contributed by atoms with Crippen molar-refractivity contribution in [1.82, 2.24) is 10.2 Å². The molecular formula is C17H34N2. The molecule has 2 nitrogen and oxygen atoms in total. The van der Waals surface area contributed by atoms with Crippen LogP contribution in [0.15, 0.2) is 0 Å². The zero-order valence-corrected chi connectivity index (χ0v) is 13.5. The number of rotatable bonds is 4. The Morgan fingerprint density at radius 2 is 1.95 bits per heavy atom. The minimum atomic E-state index is 0.708. The first-order chi connectivity index (χ1) is 9.11. The van der Waals surface area contributed by atoms with Gasteiger partial charge in [0.05, 0.1) is 0 Å². The van der Waals surface area contributed by atoms with E-state index in [1.54, 1.807) is 0 Å². The van der Waals surface area contributed by atoms with Gasteiger partial charge in [-0.3, -0.25) is 4.90 Å². The van der Waals surface area contributed by atoms with Crippen LogP contribution in [0.3, 0.4) is 0 Å². The van der Waals surface area contributed by atoms with E-state index in [-0.39, 0.29) is 0 Å². The van der Waals surface area contributed by atoms with Crippen molar-refractivity contribution in [3.63, 3.8) is 0 Å². The topological polar surface area (TPSA) is 15.3 Å². The van der Waals surface area contributed by atoms with Crippen molar-refractivity contribution in [2.24, 2.45) is 17.8 Å². The van der Waals surface area contributed by atoms with Crippen molar-refractivity contribution in [1.29, 1.82) is 0 Å². The normalized spacial score (nSPS) is 39.2. The maximum atomic E-state index is 3.76. The highest BCUT2D eigenvalue weighted by Gasteiger charge is 2.31. The third-order valence-corrected chi connectivity index (χ3v) is 5.82. The summed E-state index contributed by atoms with van der Waals surface area (Å²) < 4.78 is 0. The van der Waals surface area contributed by atoms with E-state index >= 15 is 0 Å². The molecule has 0 amide bonds. The minimum absolute atomic E-state index is 0.708. The van der Waals surface area contributed by atoms with Crippen molar-refractivity contribution in [3.8, 4) is 0 Å². The molecule has 1 heterocycles. The van der Waals surface area contributed by atoms with E-state index in [1.165, 1.54) is 51.7 Å². The molecule has 0 radical (unpaired) electrons. The summed E-state index contributed by atoms with van der Waals surface area (Å²) >= 11 is 0. The van der Waals surface area contributed by atoms with Gasteiger partial charge in [-0.2, -0.15) is 0 Å². The summed E-state index contributed by atoms with van der Waals surface area (Å²) in [6.07, 6.45) is 7.14. The fraction of sp³-hybridized carbons (Fsp3) is 1.00. The number of nitrogens with one attached hydrogen (secondary N) is 1. The van der Waals surface area contributed by atoms with Crippen molar-refractivity contribution in [2.75, 3.05) is 19.6 Å². The molecule has 1 N–H and O–H groups in total. The van der Waals surface area contributed by atoms with Gasteiger partial charge in [-0.05, 0) is 31.1 Å². The van der Waals surface area contributed by atoms with Gasteiger partial charge in [0.25, 0.3) is 0 Å². The van der Waals surface area contributed by atoms with Crippen molar-refractivity contribution < 1.29 is 0 Å². The molecule has 0 spiro atoms. The Morgan fingerprint density at radius 3 is 2.63 bits per heavy atom. The molecule has 5 atom stereocenters. The third-order valence-electron chi connectivity index (χ3n) is 5.82. The molecule has 0 aromatic rings. The molecule has 5 unspecified atom stereocenters. The molecule has 112 valence electrons.